The maximum absolute atomic E-state index is 14.0. The van der Waals surface area contributed by atoms with Crippen LogP contribution in [-0.4, -0.2) is 7.05 Å². The largest absolute Gasteiger partial charge is 0.313 e. The molecule has 0 saturated heterocycles. The van der Waals surface area contributed by atoms with Gasteiger partial charge in [-0.1, -0.05) is 23.7 Å². The highest BCUT2D eigenvalue weighted by molar-refractivity contribution is 6.30. The SMILES string of the molecule is CNC(Cc1cc(F)ccc1F)c1cccc(Cl)c1F. The molecule has 0 saturated carbocycles. The van der Waals surface area contributed by atoms with Gasteiger partial charge in [0.15, 0.2) is 0 Å². The van der Waals surface area contributed by atoms with E-state index in [1.807, 2.05) is 0 Å². The summed E-state index contributed by atoms with van der Waals surface area (Å²) in [4.78, 5) is 0. The highest BCUT2D eigenvalue weighted by Crippen LogP contribution is 2.26. The van der Waals surface area contributed by atoms with Crippen LogP contribution in [0.5, 0.6) is 0 Å². The average molecular weight is 300 g/mol. The zero-order valence-electron chi connectivity index (χ0n) is 10.8. The molecule has 0 amide bonds. The molecule has 0 aliphatic rings. The number of halogens is 4. The Kier molecular flexibility index (Phi) is 4.68. The summed E-state index contributed by atoms with van der Waals surface area (Å²) in [5, 5.41) is 2.90. The molecule has 1 nitrogen and oxygen atoms in total. The van der Waals surface area contributed by atoms with Gasteiger partial charge in [-0.2, -0.15) is 0 Å². The Morgan fingerprint density at radius 1 is 1.15 bits per heavy atom. The lowest BCUT2D eigenvalue weighted by Crippen LogP contribution is -2.20. The van der Waals surface area contributed by atoms with Gasteiger partial charge in [0, 0.05) is 11.6 Å². The van der Waals surface area contributed by atoms with Crippen LogP contribution >= 0.6 is 11.6 Å². The molecule has 0 spiro atoms. The molecule has 0 radical (unpaired) electrons. The van der Waals surface area contributed by atoms with Crippen LogP contribution in [0.3, 0.4) is 0 Å². The van der Waals surface area contributed by atoms with E-state index < -0.39 is 23.5 Å². The Labute approximate surface area is 120 Å². The van der Waals surface area contributed by atoms with Crippen LogP contribution in [0.1, 0.15) is 17.2 Å². The summed E-state index contributed by atoms with van der Waals surface area (Å²) in [6.07, 6.45) is 0.122. The molecular formula is C15H13ClF3N. The molecule has 0 aliphatic heterocycles. The monoisotopic (exact) mass is 299 g/mol. The molecule has 2 rings (SSSR count). The zero-order chi connectivity index (χ0) is 14.7. The van der Waals surface area contributed by atoms with E-state index in [2.05, 4.69) is 5.32 Å². The Balaban J connectivity index is 2.34. The molecule has 2 aromatic carbocycles. The van der Waals surface area contributed by atoms with Crippen molar-refractivity contribution in [2.75, 3.05) is 7.05 Å². The highest BCUT2D eigenvalue weighted by atomic mass is 35.5. The second kappa shape index (κ2) is 6.29. The van der Waals surface area contributed by atoms with E-state index in [0.717, 1.165) is 18.2 Å². The van der Waals surface area contributed by atoms with Crippen LogP contribution < -0.4 is 5.32 Å². The zero-order valence-corrected chi connectivity index (χ0v) is 11.5. The van der Waals surface area contributed by atoms with Crippen LogP contribution in [0.2, 0.25) is 5.02 Å². The standard InChI is InChI=1S/C15H13ClF3N/c1-20-14(11-3-2-4-12(16)15(11)19)8-9-7-10(17)5-6-13(9)18/h2-7,14,20H,8H2,1H3. The maximum Gasteiger partial charge on any atom is 0.146 e. The van der Waals surface area contributed by atoms with Crippen molar-refractivity contribution in [2.45, 2.75) is 12.5 Å². The fraction of sp³-hybridized carbons (Fsp3) is 0.200. The predicted molar refractivity (Wildman–Crippen MR) is 73.3 cm³/mol. The van der Waals surface area contributed by atoms with Crippen molar-refractivity contribution in [3.8, 4) is 0 Å². The van der Waals surface area contributed by atoms with Crippen LogP contribution in [0.15, 0.2) is 36.4 Å². The molecule has 0 bridgehead atoms. The summed E-state index contributed by atoms with van der Waals surface area (Å²) < 4.78 is 40.8. The van der Waals surface area contributed by atoms with Gasteiger partial charge in [-0.3, -0.25) is 0 Å². The first-order valence-electron chi connectivity index (χ1n) is 6.08. The lowest BCUT2D eigenvalue weighted by Gasteiger charge is -2.18. The number of rotatable bonds is 4. The molecule has 0 heterocycles. The van der Waals surface area contributed by atoms with Crippen molar-refractivity contribution in [1.29, 1.82) is 0 Å². The minimum atomic E-state index is -0.551. The predicted octanol–water partition coefficient (Wildman–Crippen LogP) is 4.26. The Hall–Kier alpha value is -1.52. The molecule has 2 aromatic rings. The minimum Gasteiger partial charge on any atom is -0.313 e. The van der Waals surface area contributed by atoms with Crippen LogP contribution in [0.4, 0.5) is 13.2 Å². The molecule has 0 aromatic heterocycles. The minimum absolute atomic E-state index is 0.00228. The van der Waals surface area contributed by atoms with Crippen molar-refractivity contribution in [3.05, 3.63) is 70.0 Å². The summed E-state index contributed by atoms with van der Waals surface area (Å²) in [5.74, 6) is -1.60. The average Bonchev–Trinajstić information content (AvgIpc) is 2.43. The van der Waals surface area contributed by atoms with Crippen molar-refractivity contribution in [3.63, 3.8) is 0 Å². The van der Waals surface area contributed by atoms with Gasteiger partial charge in [0.1, 0.15) is 17.5 Å². The normalized spacial score (nSPS) is 12.4. The van der Waals surface area contributed by atoms with Gasteiger partial charge in [0.05, 0.1) is 5.02 Å². The third-order valence-electron chi connectivity index (χ3n) is 3.14. The summed E-state index contributed by atoms with van der Waals surface area (Å²) in [6, 6.07) is 7.36. The van der Waals surface area contributed by atoms with E-state index in [4.69, 9.17) is 11.6 Å². The lowest BCUT2D eigenvalue weighted by molar-refractivity contribution is 0.515. The molecule has 0 fully saturated rings. The van der Waals surface area contributed by atoms with Crippen LogP contribution in [-0.2, 0) is 6.42 Å². The first-order chi connectivity index (χ1) is 9.52. The fourth-order valence-corrected chi connectivity index (χ4v) is 2.26. The Morgan fingerprint density at radius 2 is 1.90 bits per heavy atom. The van der Waals surface area contributed by atoms with Crippen LogP contribution in [0, 0.1) is 17.5 Å². The fourth-order valence-electron chi connectivity index (χ4n) is 2.08. The Morgan fingerprint density at radius 3 is 2.60 bits per heavy atom. The van der Waals surface area contributed by atoms with E-state index >= 15 is 0 Å². The molecule has 20 heavy (non-hydrogen) atoms. The number of benzene rings is 2. The second-order valence-electron chi connectivity index (χ2n) is 4.42. The number of nitrogens with one attached hydrogen (secondary N) is 1. The quantitative estimate of drug-likeness (QED) is 0.889. The molecule has 1 N–H and O–H groups in total. The molecular weight excluding hydrogens is 287 g/mol. The Bertz CT molecular complexity index is 616. The first kappa shape index (κ1) is 14.9. The van der Waals surface area contributed by atoms with E-state index in [9.17, 15) is 13.2 Å². The highest BCUT2D eigenvalue weighted by Gasteiger charge is 2.18. The van der Waals surface area contributed by atoms with E-state index in [1.165, 1.54) is 6.07 Å². The maximum atomic E-state index is 14.0. The third kappa shape index (κ3) is 3.14. The van der Waals surface area contributed by atoms with Crippen molar-refractivity contribution in [1.82, 2.24) is 5.32 Å². The number of hydrogen-bond acceptors (Lipinski definition) is 1. The summed E-state index contributed by atoms with van der Waals surface area (Å²) in [5.41, 5.74) is 0.507. The smallest absolute Gasteiger partial charge is 0.146 e. The van der Waals surface area contributed by atoms with Gasteiger partial charge < -0.3 is 5.32 Å². The van der Waals surface area contributed by atoms with Gasteiger partial charge >= 0.3 is 0 Å². The number of hydrogen-bond donors (Lipinski definition) is 1. The molecule has 0 aliphatic carbocycles. The summed E-state index contributed by atoms with van der Waals surface area (Å²) in [7, 11) is 1.63. The van der Waals surface area contributed by atoms with Crippen LogP contribution in [0.25, 0.3) is 0 Å². The van der Waals surface area contributed by atoms with Crippen molar-refractivity contribution < 1.29 is 13.2 Å². The molecule has 5 heteroatoms. The lowest BCUT2D eigenvalue weighted by atomic mass is 9.98. The van der Waals surface area contributed by atoms with E-state index in [1.54, 1.807) is 19.2 Å². The van der Waals surface area contributed by atoms with Crippen molar-refractivity contribution in [2.24, 2.45) is 0 Å². The van der Waals surface area contributed by atoms with E-state index in [-0.39, 0.29) is 17.0 Å². The molecule has 1 atom stereocenters. The molecule has 106 valence electrons. The molecule has 1 unspecified atom stereocenters. The van der Waals surface area contributed by atoms with Gasteiger partial charge in [-0.05, 0) is 43.3 Å². The topological polar surface area (TPSA) is 12.0 Å². The summed E-state index contributed by atoms with van der Waals surface area (Å²) >= 11 is 5.74. The van der Waals surface area contributed by atoms with Crippen molar-refractivity contribution >= 4 is 11.6 Å². The number of likely N-dealkylation sites (N-methyl/N-ethyl adjacent to an activating group) is 1. The summed E-state index contributed by atoms with van der Waals surface area (Å²) in [6.45, 7) is 0. The van der Waals surface area contributed by atoms with Gasteiger partial charge in [-0.25, -0.2) is 13.2 Å². The van der Waals surface area contributed by atoms with E-state index in [0.29, 0.717) is 5.56 Å². The van der Waals surface area contributed by atoms with Gasteiger partial charge in [-0.15, -0.1) is 0 Å². The first-order valence-corrected chi connectivity index (χ1v) is 6.46. The third-order valence-corrected chi connectivity index (χ3v) is 3.43. The van der Waals surface area contributed by atoms with Gasteiger partial charge in [0.2, 0.25) is 0 Å². The van der Waals surface area contributed by atoms with Gasteiger partial charge in [0.25, 0.3) is 0 Å². The second-order valence-corrected chi connectivity index (χ2v) is 4.83.